The predicted octanol–water partition coefficient (Wildman–Crippen LogP) is 0.990. The van der Waals surface area contributed by atoms with Gasteiger partial charge in [0.1, 0.15) is 11.9 Å². The van der Waals surface area contributed by atoms with E-state index in [0.717, 1.165) is 32.0 Å². The van der Waals surface area contributed by atoms with Gasteiger partial charge < -0.3 is 10.2 Å². The van der Waals surface area contributed by atoms with Crippen LogP contribution in [0.2, 0.25) is 0 Å². The van der Waals surface area contributed by atoms with E-state index in [-0.39, 0.29) is 11.4 Å². The third-order valence-corrected chi connectivity index (χ3v) is 3.46. The smallest absolute Gasteiger partial charge is 0.234 e. The summed E-state index contributed by atoms with van der Waals surface area (Å²) in [5.74, 6) is 0.792. The van der Waals surface area contributed by atoms with E-state index in [1.807, 2.05) is 20.8 Å². The Labute approximate surface area is 131 Å². The fourth-order valence-corrected chi connectivity index (χ4v) is 2.51. The number of carbonyl (C=O) groups is 1. The number of pyridine rings is 1. The van der Waals surface area contributed by atoms with Gasteiger partial charge in [-0.25, -0.2) is 4.98 Å². The lowest BCUT2D eigenvalue weighted by Crippen LogP contribution is -2.52. The summed E-state index contributed by atoms with van der Waals surface area (Å²) in [6.07, 6.45) is 1.71. The summed E-state index contributed by atoms with van der Waals surface area (Å²) >= 11 is 0. The molecule has 1 aliphatic heterocycles. The Morgan fingerprint density at radius 1 is 1.36 bits per heavy atom. The van der Waals surface area contributed by atoms with E-state index in [9.17, 15) is 4.79 Å². The summed E-state index contributed by atoms with van der Waals surface area (Å²) in [6.45, 7) is 9.48. The van der Waals surface area contributed by atoms with Crippen molar-refractivity contribution < 1.29 is 4.79 Å². The monoisotopic (exact) mass is 301 g/mol. The zero-order chi connectivity index (χ0) is 16.2. The Morgan fingerprint density at radius 3 is 2.64 bits per heavy atom. The Balaban J connectivity index is 1.88. The van der Waals surface area contributed by atoms with Crippen molar-refractivity contribution in [2.45, 2.75) is 26.3 Å². The fourth-order valence-electron chi connectivity index (χ4n) is 2.51. The topological polar surface area (TPSA) is 72.3 Å². The second-order valence-corrected chi connectivity index (χ2v) is 6.55. The number of nitriles is 1. The number of aromatic nitrogens is 1. The third-order valence-electron chi connectivity index (χ3n) is 3.46. The molecule has 0 unspecified atom stereocenters. The highest BCUT2D eigenvalue weighted by Gasteiger charge is 2.22. The van der Waals surface area contributed by atoms with Gasteiger partial charge in [0.15, 0.2) is 0 Å². The number of rotatable bonds is 3. The quantitative estimate of drug-likeness (QED) is 0.901. The molecule has 1 aromatic rings. The van der Waals surface area contributed by atoms with Crippen LogP contribution in [0, 0.1) is 11.3 Å². The zero-order valence-electron chi connectivity index (χ0n) is 13.5. The van der Waals surface area contributed by atoms with E-state index in [1.165, 1.54) is 0 Å². The molecule has 2 rings (SSSR count). The SMILES string of the molecule is CC(C)(C)NC(=O)CN1CCN(c2ncccc2C#N)CC1. The average molecular weight is 301 g/mol. The minimum absolute atomic E-state index is 0.0523. The van der Waals surface area contributed by atoms with Gasteiger partial charge in [-0.1, -0.05) is 0 Å². The molecule has 0 aliphatic carbocycles. The van der Waals surface area contributed by atoms with Gasteiger partial charge in [0.25, 0.3) is 0 Å². The zero-order valence-corrected chi connectivity index (χ0v) is 13.5. The minimum atomic E-state index is -0.200. The molecule has 0 atom stereocenters. The van der Waals surface area contributed by atoms with Crippen LogP contribution in [0.1, 0.15) is 26.3 Å². The van der Waals surface area contributed by atoms with Crippen LogP contribution in [0.15, 0.2) is 18.3 Å². The molecule has 0 spiro atoms. The minimum Gasteiger partial charge on any atom is -0.353 e. The number of nitrogens with one attached hydrogen (secondary N) is 1. The maximum absolute atomic E-state index is 12.0. The van der Waals surface area contributed by atoms with Crippen LogP contribution < -0.4 is 10.2 Å². The first-order valence-electron chi connectivity index (χ1n) is 7.52. The van der Waals surface area contributed by atoms with E-state index in [0.29, 0.717) is 12.1 Å². The van der Waals surface area contributed by atoms with Crippen molar-refractivity contribution >= 4 is 11.7 Å². The van der Waals surface area contributed by atoms with E-state index in [1.54, 1.807) is 18.3 Å². The van der Waals surface area contributed by atoms with Crippen molar-refractivity contribution in [3.63, 3.8) is 0 Å². The Hall–Kier alpha value is -2.13. The number of anilines is 1. The van der Waals surface area contributed by atoms with Gasteiger partial charge in [-0.15, -0.1) is 0 Å². The molecule has 1 saturated heterocycles. The highest BCUT2D eigenvalue weighted by molar-refractivity contribution is 5.78. The lowest BCUT2D eigenvalue weighted by atomic mass is 10.1. The Kier molecular flexibility index (Phi) is 4.99. The van der Waals surface area contributed by atoms with E-state index >= 15 is 0 Å². The second-order valence-electron chi connectivity index (χ2n) is 6.55. The van der Waals surface area contributed by atoms with Gasteiger partial charge in [0, 0.05) is 37.9 Å². The molecule has 0 saturated carbocycles. The number of hydrogen-bond donors (Lipinski definition) is 1. The van der Waals surface area contributed by atoms with Crippen LogP contribution >= 0.6 is 0 Å². The van der Waals surface area contributed by atoms with Crippen LogP contribution in [0.3, 0.4) is 0 Å². The van der Waals surface area contributed by atoms with Crippen LogP contribution in [0.5, 0.6) is 0 Å². The molecule has 1 aromatic heterocycles. The highest BCUT2D eigenvalue weighted by atomic mass is 16.2. The van der Waals surface area contributed by atoms with Crippen molar-refractivity contribution in [1.29, 1.82) is 5.26 Å². The molecule has 6 nitrogen and oxygen atoms in total. The lowest BCUT2D eigenvalue weighted by Gasteiger charge is -2.35. The maximum Gasteiger partial charge on any atom is 0.234 e. The standard InChI is InChI=1S/C16H23N5O/c1-16(2,3)19-14(22)12-20-7-9-21(10-8-20)15-13(11-17)5-4-6-18-15/h4-6H,7-10,12H2,1-3H3,(H,19,22). The van der Waals surface area contributed by atoms with Gasteiger partial charge in [-0.3, -0.25) is 9.69 Å². The first-order valence-corrected chi connectivity index (χ1v) is 7.52. The highest BCUT2D eigenvalue weighted by Crippen LogP contribution is 2.17. The van der Waals surface area contributed by atoms with Gasteiger partial charge in [-0.05, 0) is 32.9 Å². The average Bonchev–Trinajstić information content (AvgIpc) is 2.46. The van der Waals surface area contributed by atoms with E-state index in [2.05, 4.69) is 26.2 Å². The molecule has 1 amide bonds. The second kappa shape index (κ2) is 6.75. The van der Waals surface area contributed by atoms with E-state index < -0.39 is 0 Å². The number of amides is 1. The molecule has 0 bridgehead atoms. The summed E-state index contributed by atoms with van der Waals surface area (Å²) in [7, 11) is 0. The van der Waals surface area contributed by atoms with Crippen molar-refractivity contribution in [3.8, 4) is 6.07 Å². The fraction of sp³-hybridized carbons (Fsp3) is 0.562. The molecule has 0 aromatic carbocycles. The molecule has 22 heavy (non-hydrogen) atoms. The Morgan fingerprint density at radius 2 is 2.05 bits per heavy atom. The molecule has 1 aliphatic rings. The third kappa shape index (κ3) is 4.43. The lowest BCUT2D eigenvalue weighted by molar-refractivity contribution is -0.123. The van der Waals surface area contributed by atoms with Gasteiger partial charge in [0.05, 0.1) is 12.1 Å². The van der Waals surface area contributed by atoms with Gasteiger partial charge >= 0.3 is 0 Å². The predicted molar refractivity (Wildman–Crippen MR) is 85.5 cm³/mol. The van der Waals surface area contributed by atoms with Gasteiger partial charge in [0.2, 0.25) is 5.91 Å². The number of hydrogen-bond acceptors (Lipinski definition) is 5. The number of piperazine rings is 1. The molecule has 0 radical (unpaired) electrons. The molecule has 118 valence electrons. The first-order chi connectivity index (χ1) is 10.4. The molecular weight excluding hydrogens is 278 g/mol. The summed E-state index contributed by atoms with van der Waals surface area (Å²) in [6, 6.07) is 5.74. The van der Waals surface area contributed by atoms with Crippen LogP contribution in [-0.2, 0) is 4.79 Å². The number of carbonyl (C=O) groups excluding carboxylic acids is 1. The largest absolute Gasteiger partial charge is 0.353 e. The summed E-state index contributed by atoms with van der Waals surface area (Å²) in [5.41, 5.74) is 0.399. The summed E-state index contributed by atoms with van der Waals surface area (Å²) < 4.78 is 0. The summed E-state index contributed by atoms with van der Waals surface area (Å²) in [5, 5.41) is 12.1. The van der Waals surface area contributed by atoms with Crippen molar-refractivity contribution in [3.05, 3.63) is 23.9 Å². The molecule has 1 N–H and O–H groups in total. The first kappa shape index (κ1) is 16.2. The normalized spacial score (nSPS) is 16.2. The molecule has 6 heteroatoms. The molecule has 1 fully saturated rings. The van der Waals surface area contributed by atoms with Crippen molar-refractivity contribution in [2.75, 3.05) is 37.6 Å². The molecular formula is C16H23N5O. The molecule has 2 heterocycles. The van der Waals surface area contributed by atoms with Crippen LogP contribution in [0.4, 0.5) is 5.82 Å². The van der Waals surface area contributed by atoms with Crippen LogP contribution in [0.25, 0.3) is 0 Å². The Bertz CT molecular complexity index is 565. The van der Waals surface area contributed by atoms with Crippen molar-refractivity contribution in [2.24, 2.45) is 0 Å². The van der Waals surface area contributed by atoms with Gasteiger partial charge in [-0.2, -0.15) is 5.26 Å². The summed E-state index contributed by atoms with van der Waals surface area (Å²) in [4.78, 5) is 20.5. The van der Waals surface area contributed by atoms with Crippen LogP contribution in [-0.4, -0.2) is 54.1 Å². The number of nitrogens with zero attached hydrogens (tertiary/aromatic N) is 4. The maximum atomic E-state index is 12.0. The van der Waals surface area contributed by atoms with Crippen molar-refractivity contribution in [1.82, 2.24) is 15.2 Å². The van der Waals surface area contributed by atoms with E-state index in [4.69, 9.17) is 5.26 Å².